The lowest BCUT2D eigenvalue weighted by atomic mass is 10.4. The van der Waals surface area contributed by atoms with Crippen molar-refractivity contribution in [2.45, 2.75) is 27.2 Å². The highest BCUT2D eigenvalue weighted by Crippen LogP contribution is 2.28. The first-order valence-electron chi connectivity index (χ1n) is 6.58. The van der Waals surface area contributed by atoms with E-state index in [0.29, 0.717) is 19.6 Å². The maximum atomic E-state index is 10.1. The van der Waals surface area contributed by atoms with Crippen LogP contribution in [0.3, 0.4) is 0 Å². The summed E-state index contributed by atoms with van der Waals surface area (Å²) in [5, 5.41) is 0. The molecule has 0 amide bonds. The molecule has 0 spiro atoms. The summed E-state index contributed by atoms with van der Waals surface area (Å²) >= 11 is 10.8. The van der Waals surface area contributed by atoms with Crippen LogP contribution in [0.15, 0.2) is 0 Å². The number of hydrogen-bond donors (Lipinski definition) is 0. The van der Waals surface area contributed by atoms with Gasteiger partial charge in [-0.2, -0.15) is 0 Å². The first-order chi connectivity index (χ1) is 9.60. The number of likely N-dealkylation sites (N-methyl/N-ethyl adjacent to an activating group) is 1. The normalized spacial score (nSPS) is 9.95. The Balaban J connectivity index is 4.16. The van der Waals surface area contributed by atoms with Gasteiger partial charge in [0.15, 0.2) is 0 Å². The van der Waals surface area contributed by atoms with Crippen molar-refractivity contribution in [3.63, 3.8) is 0 Å². The van der Waals surface area contributed by atoms with Crippen LogP contribution in [-0.2, 0) is 9.53 Å². The monoisotopic (exact) mass is 354 g/mol. The molecule has 0 aliphatic rings. The van der Waals surface area contributed by atoms with Gasteiger partial charge in [0.1, 0.15) is 15.2 Å². The maximum absolute atomic E-state index is 10.1. The van der Waals surface area contributed by atoms with E-state index < -0.39 is 0 Å². The van der Waals surface area contributed by atoms with Crippen LogP contribution in [-0.4, -0.2) is 57.7 Å². The summed E-state index contributed by atoms with van der Waals surface area (Å²) in [7, 11) is 3.01. The average molecular weight is 355 g/mol. The van der Waals surface area contributed by atoms with E-state index in [1.165, 1.54) is 21.6 Å². The van der Waals surface area contributed by atoms with Gasteiger partial charge in [0.2, 0.25) is 0 Å². The second-order valence-electron chi connectivity index (χ2n) is 3.82. The summed E-state index contributed by atoms with van der Waals surface area (Å²) in [5.74, 6) is 0. The molecule has 0 aromatic heterocycles. The third kappa shape index (κ3) is 8.28. The van der Waals surface area contributed by atoms with Crippen molar-refractivity contribution in [1.29, 1.82) is 0 Å². The topological polar surface area (TPSA) is 32.8 Å². The zero-order chi connectivity index (χ0) is 15.4. The molecular weight excluding hydrogens is 332 g/mol. The Labute approximate surface area is 140 Å². The van der Waals surface area contributed by atoms with Crippen molar-refractivity contribution < 1.29 is 9.53 Å². The van der Waals surface area contributed by atoms with Gasteiger partial charge in [-0.1, -0.05) is 31.4 Å². The van der Waals surface area contributed by atoms with E-state index >= 15 is 0 Å². The van der Waals surface area contributed by atoms with Gasteiger partial charge in [0.05, 0.1) is 6.54 Å². The first-order valence-corrected chi connectivity index (χ1v) is 9.54. The highest BCUT2D eigenvalue weighted by atomic mass is 33.1. The Morgan fingerprint density at radius 2 is 1.55 bits per heavy atom. The molecule has 0 aromatic rings. The minimum atomic E-state index is 0.351. The number of carbonyl (C=O) groups is 1. The minimum absolute atomic E-state index is 0.351. The Bertz CT molecular complexity index is 316. The quantitative estimate of drug-likeness (QED) is 0.284. The van der Waals surface area contributed by atoms with Gasteiger partial charge in [-0.05, 0) is 41.9 Å². The Morgan fingerprint density at radius 1 is 1.05 bits per heavy atom. The summed E-state index contributed by atoms with van der Waals surface area (Å²) in [5.41, 5.74) is 0. The zero-order valence-corrected chi connectivity index (χ0v) is 15.4. The van der Waals surface area contributed by atoms with Crippen LogP contribution >= 0.6 is 46.0 Å². The fraction of sp³-hybridized carbons (Fsp3) is 0.750. The molecule has 0 heterocycles. The van der Waals surface area contributed by atoms with Gasteiger partial charge < -0.3 is 14.5 Å². The summed E-state index contributed by atoms with van der Waals surface area (Å²) in [6.07, 6.45) is 1.08. The lowest BCUT2D eigenvalue weighted by Crippen LogP contribution is -2.31. The molecule has 0 N–H and O–H groups in total. The number of ether oxygens (including phenoxy) is 1. The van der Waals surface area contributed by atoms with Gasteiger partial charge in [-0.25, -0.2) is 0 Å². The molecule has 0 radical (unpaired) electrons. The highest BCUT2D eigenvalue weighted by molar-refractivity contribution is 8.89. The van der Waals surface area contributed by atoms with Crippen molar-refractivity contribution in [1.82, 2.24) is 9.80 Å². The fourth-order valence-electron chi connectivity index (χ4n) is 1.41. The maximum Gasteiger partial charge on any atom is 0.293 e. The van der Waals surface area contributed by atoms with Gasteiger partial charge in [-0.3, -0.25) is 4.79 Å². The number of rotatable bonds is 8. The molecule has 0 unspecified atom stereocenters. The molecule has 0 atom stereocenters. The number of thiocarbonyl (C=S) groups is 2. The van der Waals surface area contributed by atoms with Gasteiger partial charge in [0.25, 0.3) is 6.47 Å². The summed E-state index contributed by atoms with van der Waals surface area (Å²) in [4.78, 5) is 14.3. The highest BCUT2D eigenvalue weighted by Gasteiger charge is 2.13. The van der Waals surface area contributed by atoms with Crippen molar-refractivity contribution in [3.8, 4) is 0 Å². The van der Waals surface area contributed by atoms with Crippen LogP contribution in [0.25, 0.3) is 0 Å². The molecule has 0 aromatic carbocycles. The molecule has 0 bridgehead atoms. The molecule has 0 saturated heterocycles. The van der Waals surface area contributed by atoms with Crippen LogP contribution in [0.4, 0.5) is 0 Å². The van der Waals surface area contributed by atoms with E-state index in [9.17, 15) is 4.79 Å². The fourth-order valence-corrected chi connectivity index (χ4v) is 4.32. The van der Waals surface area contributed by atoms with Crippen LogP contribution < -0.4 is 0 Å². The summed E-state index contributed by atoms with van der Waals surface area (Å²) in [6.45, 7) is 10.3. The van der Waals surface area contributed by atoms with E-state index in [1.807, 2.05) is 11.8 Å². The molecular formula is C12H22N2O2S4. The third-order valence-electron chi connectivity index (χ3n) is 2.50. The standard InChI is InChI=1S/C12H22N2O2S4/c1-4-7-13(5-2)11(17)19-20-12(18)14(6-3)8-9-16-10-15/h10H,4-9H2,1-3H3. The van der Waals surface area contributed by atoms with Crippen molar-refractivity contribution in [2.75, 3.05) is 32.8 Å². The van der Waals surface area contributed by atoms with Gasteiger partial charge in [-0.15, -0.1) is 0 Å². The minimum Gasteiger partial charge on any atom is -0.466 e. The Morgan fingerprint density at radius 3 is 1.95 bits per heavy atom. The van der Waals surface area contributed by atoms with Crippen LogP contribution in [0.1, 0.15) is 27.2 Å². The second-order valence-corrected chi connectivity index (χ2v) is 7.22. The molecule has 0 aliphatic heterocycles. The summed E-state index contributed by atoms with van der Waals surface area (Å²) in [6, 6.07) is 0. The molecule has 0 fully saturated rings. The van der Waals surface area contributed by atoms with Crippen LogP contribution in [0.5, 0.6) is 0 Å². The zero-order valence-electron chi connectivity index (χ0n) is 12.2. The van der Waals surface area contributed by atoms with Crippen LogP contribution in [0.2, 0.25) is 0 Å². The molecule has 0 rings (SSSR count). The van der Waals surface area contributed by atoms with E-state index in [-0.39, 0.29) is 0 Å². The largest absolute Gasteiger partial charge is 0.466 e. The molecule has 4 nitrogen and oxygen atoms in total. The predicted molar refractivity (Wildman–Crippen MR) is 97.2 cm³/mol. The molecule has 8 heteroatoms. The Hall–Kier alpha value is -0.0500. The predicted octanol–water partition coefficient (Wildman–Crippen LogP) is 3.16. The third-order valence-corrected chi connectivity index (χ3v) is 6.24. The summed E-state index contributed by atoms with van der Waals surface area (Å²) < 4.78 is 6.33. The molecule has 20 heavy (non-hydrogen) atoms. The smallest absolute Gasteiger partial charge is 0.293 e. The average Bonchev–Trinajstić information content (AvgIpc) is 2.46. The van der Waals surface area contributed by atoms with Gasteiger partial charge >= 0.3 is 0 Å². The van der Waals surface area contributed by atoms with E-state index in [0.717, 1.165) is 34.7 Å². The number of hydrogen-bond acceptors (Lipinski definition) is 6. The second kappa shape index (κ2) is 12.7. The van der Waals surface area contributed by atoms with Crippen molar-refractivity contribution in [2.24, 2.45) is 0 Å². The number of carbonyl (C=O) groups excluding carboxylic acids is 1. The SMILES string of the molecule is CCCN(CC)C(=S)SSC(=S)N(CC)CCOC=O. The molecule has 0 aliphatic carbocycles. The number of nitrogens with zero attached hydrogens (tertiary/aromatic N) is 2. The first kappa shape index (κ1) is 19.9. The lowest BCUT2D eigenvalue weighted by Gasteiger charge is -2.24. The van der Waals surface area contributed by atoms with E-state index in [2.05, 4.69) is 18.7 Å². The molecule has 0 saturated carbocycles. The van der Waals surface area contributed by atoms with Crippen molar-refractivity contribution in [3.05, 3.63) is 0 Å². The van der Waals surface area contributed by atoms with E-state index in [1.54, 1.807) is 0 Å². The van der Waals surface area contributed by atoms with E-state index in [4.69, 9.17) is 29.2 Å². The Kier molecular flexibility index (Phi) is 12.6. The van der Waals surface area contributed by atoms with Crippen molar-refractivity contribution >= 4 is 61.1 Å². The van der Waals surface area contributed by atoms with Crippen LogP contribution in [0, 0.1) is 0 Å². The lowest BCUT2D eigenvalue weighted by molar-refractivity contribution is -0.128. The van der Waals surface area contributed by atoms with Gasteiger partial charge in [0, 0.05) is 19.6 Å². The molecule has 116 valence electrons.